The van der Waals surface area contributed by atoms with Crippen LogP contribution in [0.4, 0.5) is 0 Å². The number of hydrogen-bond donors (Lipinski definition) is 1. The third-order valence-corrected chi connectivity index (χ3v) is 3.28. The quantitative estimate of drug-likeness (QED) is 0.786. The van der Waals surface area contributed by atoms with Gasteiger partial charge in [0.25, 0.3) is 0 Å². The van der Waals surface area contributed by atoms with E-state index in [0.717, 1.165) is 19.4 Å². The molecule has 0 radical (unpaired) electrons. The molecule has 0 aromatic carbocycles. The van der Waals surface area contributed by atoms with Crippen LogP contribution in [0.25, 0.3) is 0 Å². The van der Waals surface area contributed by atoms with Crippen molar-refractivity contribution in [2.24, 2.45) is 0 Å². The Bertz CT molecular complexity index is 245. The zero-order valence-corrected chi connectivity index (χ0v) is 9.45. The largest absolute Gasteiger partial charge is 0.319 e. The van der Waals surface area contributed by atoms with E-state index in [0.29, 0.717) is 5.92 Å². The van der Waals surface area contributed by atoms with Gasteiger partial charge in [-0.25, -0.2) is 4.98 Å². The number of likely N-dealkylation sites (N-methyl/N-ethyl adjacent to an activating group) is 1. The molecule has 1 aromatic rings. The second-order valence-corrected chi connectivity index (χ2v) is 4.08. The molecule has 0 spiro atoms. The molecule has 0 saturated heterocycles. The molecule has 1 unspecified atom stereocenters. The fourth-order valence-electron chi connectivity index (χ4n) is 1.33. The predicted octanol–water partition coefficient (Wildman–Crippen LogP) is 2.42. The molecule has 13 heavy (non-hydrogen) atoms. The van der Waals surface area contributed by atoms with E-state index >= 15 is 0 Å². The number of thiazole rings is 1. The summed E-state index contributed by atoms with van der Waals surface area (Å²) in [4.78, 5) is 4.60. The van der Waals surface area contributed by atoms with Gasteiger partial charge in [-0.2, -0.15) is 0 Å². The molecule has 0 aliphatic heterocycles. The molecular weight excluding hydrogens is 180 g/mol. The van der Waals surface area contributed by atoms with Gasteiger partial charge in [0.05, 0.1) is 10.7 Å². The van der Waals surface area contributed by atoms with Crippen LogP contribution in [0.2, 0.25) is 0 Å². The fraction of sp³-hybridized carbons (Fsp3) is 0.700. The first-order valence-electron chi connectivity index (χ1n) is 4.90. The number of nitrogens with zero attached hydrogens (tertiary/aromatic N) is 1. The van der Waals surface area contributed by atoms with Crippen molar-refractivity contribution in [3.8, 4) is 0 Å². The van der Waals surface area contributed by atoms with Gasteiger partial charge in [-0.05, 0) is 19.9 Å². The fourth-order valence-corrected chi connectivity index (χ4v) is 2.41. The summed E-state index contributed by atoms with van der Waals surface area (Å²) in [7, 11) is 2.00. The van der Waals surface area contributed by atoms with Crippen molar-refractivity contribution >= 4 is 11.3 Å². The lowest BCUT2D eigenvalue weighted by atomic mass is 10.1. The highest BCUT2D eigenvalue weighted by molar-refractivity contribution is 7.09. The first-order chi connectivity index (χ1) is 6.31. The molecule has 1 aromatic heterocycles. The van der Waals surface area contributed by atoms with Crippen molar-refractivity contribution in [2.45, 2.75) is 32.6 Å². The van der Waals surface area contributed by atoms with Crippen LogP contribution in [0, 0.1) is 0 Å². The Hall–Kier alpha value is -0.410. The molecule has 0 aliphatic rings. The molecule has 0 amide bonds. The average Bonchev–Trinajstić information content (AvgIpc) is 2.62. The SMILES string of the molecule is CCc1csc(C(CC)CNC)n1. The van der Waals surface area contributed by atoms with Crippen LogP contribution in [0.1, 0.15) is 36.9 Å². The lowest BCUT2D eigenvalue weighted by molar-refractivity contribution is 0.607. The van der Waals surface area contributed by atoms with Gasteiger partial charge in [-0.1, -0.05) is 13.8 Å². The first kappa shape index (κ1) is 10.7. The monoisotopic (exact) mass is 198 g/mol. The average molecular weight is 198 g/mol. The number of rotatable bonds is 5. The smallest absolute Gasteiger partial charge is 0.0971 e. The molecule has 1 N–H and O–H groups in total. The van der Waals surface area contributed by atoms with Gasteiger partial charge < -0.3 is 5.32 Å². The van der Waals surface area contributed by atoms with Crippen LogP contribution in [0.15, 0.2) is 5.38 Å². The molecule has 74 valence electrons. The van der Waals surface area contributed by atoms with E-state index in [9.17, 15) is 0 Å². The summed E-state index contributed by atoms with van der Waals surface area (Å²) in [6, 6.07) is 0. The van der Waals surface area contributed by atoms with Crippen molar-refractivity contribution in [3.05, 3.63) is 16.1 Å². The lowest BCUT2D eigenvalue weighted by Crippen LogP contribution is -2.16. The maximum atomic E-state index is 4.60. The van der Waals surface area contributed by atoms with E-state index in [1.807, 2.05) is 7.05 Å². The van der Waals surface area contributed by atoms with Crippen molar-refractivity contribution in [1.82, 2.24) is 10.3 Å². The minimum Gasteiger partial charge on any atom is -0.319 e. The summed E-state index contributed by atoms with van der Waals surface area (Å²) < 4.78 is 0. The van der Waals surface area contributed by atoms with Crippen LogP contribution < -0.4 is 5.32 Å². The minimum absolute atomic E-state index is 0.593. The molecule has 0 aliphatic carbocycles. The molecule has 1 rings (SSSR count). The highest BCUT2D eigenvalue weighted by Gasteiger charge is 2.11. The van der Waals surface area contributed by atoms with Crippen molar-refractivity contribution in [1.29, 1.82) is 0 Å². The molecule has 1 atom stereocenters. The van der Waals surface area contributed by atoms with Crippen molar-refractivity contribution in [3.63, 3.8) is 0 Å². The van der Waals surface area contributed by atoms with E-state index in [1.165, 1.54) is 10.7 Å². The van der Waals surface area contributed by atoms with Gasteiger partial charge in [0.15, 0.2) is 0 Å². The van der Waals surface area contributed by atoms with Crippen LogP contribution in [0.3, 0.4) is 0 Å². The van der Waals surface area contributed by atoms with Gasteiger partial charge in [0.1, 0.15) is 0 Å². The molecule has 1 heterocycles. The van der Waals surface area contributed by atoms with E-state index in [-0.39, 0.29) is 0 Å². The van der Waals surface area contributed by atoms with Gasteiger partial charge in [-0.15, -0.1) is 11.3 Å². The molecule has 3 heteroatoms. The Balaban J connectivity index is 2.67. The maximum Gasteiger partial charge on any atom is 0.0971 e. The molecule has 2 nitrogen and oxygen atoms in total. The van der Waals surface area contributed by atoms with Crippen LogP contribution >= 0.6 is 11.3 Å². The summed E-state index contributed by atoms with van der Waals surface area (Å²) >= 11 is 1.80. The van der Waals surface area contributed by atoms with E-state index in [4.69, 9.17) is 0 Å². The highest BCUT2D eigenvalue weighted by atomic mass is 32.1. The zero-order chi connectivity index (χ0) is 9.68. The standard InChI is InChI=1S/C10H18N2S/c1-4-8(6-11-3)10-12-9(5-2)7-13-10/h7-8,11H,4-6H2,1-3H3. The van der Waals surface area contributed by atoms with Crippen LogP contribution in [-0.4, -0.2) is 18.6 Å². The Morgan fingerprint density at radius 2 is 2.31 bits per heavy atom. The second-order valence-electron chi connectivity index (χ2n) is 3.19. The van der Waals surface area contributed by atoms with Gasteiger partial charge in [0.2, 0.25) is 0 Å². The molecule has 0 bridgehead atoms. The van der Waals surface area contributed by atoms with Crippen LogP contribution in [0.5, 0.6) is 0 Å². The number of hydrogen-bond acceptors (Lipinski definition) is 3. The second kappa shape index (κ2) is 5.35. The van der Waals surface area contributed by atoms with Crippen molar-refractivity contribution in [2.75, 3.05) is 13.6 Å². The van der Waals surface area contributed by atoms with Gasteiger partial charge >= 0.3 is 0 Å². The summed E-state index contributed by atoms with van der Waals surface area (Å²) in [5.74, 6) is 0.593. The number of aromatic nitrogens is 1. The lowest BCUT2D eigenvalue weighted by Gasteiger charge is -2.10. The predicted molar refractivity (Wildman–Crippen MR) is 58.5 cm³/mol. The van der Waals surface area contributed by atoms with Gasteiger partial charge in [-0.3, -0.25) is 0 Å². The Kier molecular flexibility index (Phi) is 4.39. The zero-order valence-electron chi connectivity index (χ0n) is 8.63. The van der Waals surface area contributed by atoms with E-state index in [2.05, 4.69) is 29.5 Å². The summed E-state index contributed by atoms with van der Waals surface area (Å²) in [5, 5.41) is 6.67. The van der Waals surface area contributed by atoms with E-state index < -0.39 is 0 Å². The number of aryl methyl sites for hydroxylation is 1. The Morgan fingerprint density at radius 1 is 1.54 bits per heavy atom. The molecule has 0 saturated carbocycles. The highest BCUT2D eigenvalue weighted by Crippen LogP contribution is 2.22. The molecule has 0 fully saturated rings. The van der Waals surface area contributed by atoms with E-state index in [1.54, 1.807) is 11.3 Å². The minimum atomic E-state index is 0.593. The summed E-state index contributed by atoms with van der Waals surface area (Å²) in [6.07, 6.45) is 2.21. The van der Waals surface area contributed by atoms with Crippen molar-refractivity contribution < 1.29 is 0 Å². The first-order valence-corrected chi connectivity index (χ1v) is 5.78. The summed E-state index contributed by atoms with van der Waals surface area (Å²) in [5.41, 5.74) is 1.23. The summed E-state index contributed by atoms with van der Waals surface area (Å²) in [6.45, 7) is 5.40. The van der Waals surface area contributed by atoms with Gasteiger partial charge in [0, 0.05) is 17.8 Å². The Labute approximate surface area is 84.4 Å². The Morgan fingerprint density at radius 3 is 2.77 bits per heavy atom. The molecular formula is C10H18N2S. The third-order valence-electron chi connectivity index (χ3n) is 2.22. The van der Waals surface area contributed by atoms with Crippen LogP contribution in [-0.2, 0) is 6.42 Å². The normalized spacial score (nSPS) is 13.2. The topological polar surface area (TPSA) is 24.9 Å². The third kappa shape index (κ3) is 2.78. The maximum absolute atomic E-state index is 4.60. The number of nitrogens with one attached hydrogen (secondary N) is 1.